The fourth-order valence-corrected chi connectivity index (χ4v) is 1.71. The first-order valence-corrected chi connectivity index (χ1v) is 6.22. The fourth-order valence-electron chi connectivity index (χ4n) is 1.71. The van der Waals surface area contributed by atoms with Gasteiger partial charge in [-0.15, -0.1) is 0 Å². The second kappa shape index (κ2) is 7.45. The maximum atomic E-state index is 12.1. The predicted octanol–water partition coefficient (Wildman–Crippen LogP) is 3.01. The van der Waals surface area contributed by atoms with E-state index in [9.17, 15) is 13.2 Å². The molecular formula is C13H19F3N2O. The molecule has 0 saturated carbocycles. The first kappa shape index (κ1) is 15.9. The number of pyridine rings is 1. The number of ether oxygens (including phenoxy) is 1. The number of hydrogen-bond donors (Lipinski definition) is 1. The van der Waals surface area contributed by atoms with E-state index in [1.54, 1.807) is 12.4 Å². The molecule has 0 aliphatic rings. The molecule has 1 aromatic rings. The minimum atomic E-state index is -4.29. The molecular weight excluding hydrogens is 257 g/mol. The lowest BCUT2D eigenvalue weighted by Gasteiger charge is -2.21. The molecule has 0 amide bonds. The summed E-state index contributed by atoms with van der Waals surface area (Å²) in [4.78, 5) is 4.01. The lowest BCUT2D eigenvalue weighted by Crippen LogP contribution is -2.29. The van der Waals surface area contributed by atoms with Crippen molar-refractivity contribution in [2.24, 2.45) is 0 Å². The molecule has 3 nitrogen and oxygen atoms in total. The molecule has 0 bridgehead atoms. The SMILES string of the molecule is CCCNC(COCC(F)(F)F)c1cnccc1C. The fraction of sp³-hybridized carbons (Fsp3) is 0.615. The van der Waals surface area contributed by atoms with Crippen molar-refractivity contribution >= 4 is 0 Å². The average Bonchev–Trinajstić information content (AvgIpc) is 2.33. The van der Waals surface area contributed by atoms with Crippen molar-refractivity contribution in [1.29, 1.82) is 0 Å². The Morgan fingerprint density at radius 2 is 2.16 bits per heavy atom. The largest absolute Gasteiger partial charge is 0.411 e. The summed E-state index contributed by atoms with van der Waals surface area (Å²) in [7, 11) is 0. The predicted molar refractivity (Wildman–Crippen MR) is 66.9 cm³/mol. The Hall–Kier alpha value is -1.14. The van der Waals surface area contributed by atoms with Crippen molar-refractivity contribution in [1.82, 2.24) is 10.3 Å². The van der Waals surface area contributed by atoms with Crippen molar-refractivity contribution in [3.8, 4) is 0 Å². The molecule has 1 heterocycles. The third-order valence-corrected chi connectivity index (χ3v) is 2.65. The van der Waals surface area contributed by atoms with Crippen LogP contribution in [-0.4, -0.2) is 30.9 Å². The monoisotopic (exact) mass is 276 g/mol. The number of hydrogen-bond acceptors (Lipinski definition) is 3. The number of rotatable bonds is 7. The van der Waals surface area contributed by atoms with E-state index in [-0.39, 0.29) is 12.6 Å². The normalized spacial score (nSPS) is 13.5. The van der Waals surface area contributed by atoms with Crippen LogP contribution in [-0.2, 0) is 4.74 Å². The third kappa shape index (κ3) is 6.02. The zero-order valence-corrected chi connectivity index (χ0v) is 11.1. The van der Waals surface area contributed by atoms with Gasteiger partial charge in [0.05, 0.1) is 12.6 Å². The Morgan fingerprint density at radius 3 is 2.74 bits per heavy atom. The van der Waals surface area contributed by atoms with Crippen LogP contribution in [0, 0.1) is 6.92 Å². The number of aromatic nitrogens is 1. The van der Waals surface area contributed by atoms with Crippen LogP contribution in [0.5, 0.6) is 0 Å². The van der Waals surface area contributed by atoms with E-state index >= 15 is 0 Å². The standard InChI is InChI=1S/C13H19F3N2O/c1-3-5-18-12(8-19-9-13(14,15)16)11-7-17-6-4-10(11)2/h4,6-7,12,18H,3,5,8-9H2,1-2H3. The second-order valence-electron chi connectivity index (χ2n) is 4.37. The van der Waals surface area contributed by atoms with Crippen LogP contribution >= 0.6 is 0 Å². The van der Waals surface area contributed by atoms with Crippen LogP contribution in [0.4, 0.5) is 13.2 Å². The highest BCUT2D eigenvalue weighted by Crippen LogP contribution is 2.19. The van der Waals surface area contributed by atoms with Crippen molar-refractivity contribution in [3.63, 3.8) is 0 Å². The van der Waals surface area contributed by atoms with Gasteiger partial charge in [-0.3, -0.25) is 4.98 Å². The Morgan fingerprint density at radius 1 is 1.42 bits per heavy atom. The molecule has 1 unspecified atom stereocenters. The molecule has 0 aromatic carbocycles. The van der Waals surface area contributed by atoms with Crippen LogP contribution < -0.4 is 5.32 Å². The summed E-state index contributed by atoms with van der Waals surface area (Å²) in [6.07, 6.45) is -0.0692. The van der Waals surface area contributed by atoms with E-state index in [1.807, 2.05) is 19.9 Å². The van der Waals surface area contributed by atoms with Gasteiger partial charge >= 0.3 is 6.18 Å². The van der Waals surface area contributed by atoms with Crippen LogP contribution in [0.2, 0.25) is 0 Å². The summed E-state index contributed by atoms with van der Waals surface area (Å²) in [5.41, 5.74) is 1.86. The van der Waals surface area contributed by atoms with Crippen LogP contribution in [0.15, 0.2) is 18.5 Å². The van der Waals surface area contributed by atoms with E-state index in [0.29, 0.717) is 6.54 Å². The minimum Gasteiger partial charge on any atom is -0.370 e. The summed E-state index contributed by atoms with van der Waals surface area (Å²) in [6, 6.07) is 1.57. The maximum Gasteiger partial charge on any atom is 0.411 e. The van der Waals surface area contributed by atoms with Gasteiger partial charge in [-0.05, 0) is 37.1 Å². The Balaban J connectivity index is 2.64. The quantitative estimate of drug-likeness (QED) is 0.831. The van der Waals surface area contributed by atoms with Gasteiger partial charge in [-0.1, -0.05) is 6.92 Å². The van der Waals surface area contributed by atoms with E-state index < -0.39 is 12.8 Å². The van der Waals surface area contributed by atoms with Crippen LogP contribution in [0.3, 0.4) is 0 Å². The molecule has 0 spiro atoms. The molecule has 6 heteroatoms. The van der Waals surface area contributed by atoms with Crippen molar-refractivity contribution in [3.05, 3.63) is 29.6 Å². The smallest absolute Gasteiger partial charge is 0.370 e. The van der Waals surface area contributed by atoms with Gasteiger partial charge in [0.1, 0.15) is 6.61 Å². The van der Waals surface area contributed by atoms with Crippen molar-refractivity contribution < 1.29 is 17.9 Å². The van der Waals surface area contributed by atoms with Gasteiger partial charge in [-0.25, -0.2) is 0 Å². The van der Waals surface area contributed by atoms with E-state index in [0.717, 1.165) is 17.5 Å². The highest BCUT2D eigenvalue weighted by Gasteiger charge is 2.28. The molecule has 108 valence electrons. The van der Waals surface area contributed by atoms with Crippen molar-refractivity contribution in [2.75, 3.05) is 19.8 Å². The summed E-state index contributed by atoms with van der Waals surface area (Å²) in [6.45, 7) is 3.37. The van der Waals surface area contributed by atoms with Gasteiger partial charge in [0.15, 0.2) is 0 Å². The van der Waals surface area contributed by atoms with Gasteiger partial charge in [0.25, 0.3) is 0 Å². The van der Waals surface area contributed by atoms with Gasteiger partial charge < -0.3 is 10.1 Å². The lowest BCUT2D eigenvalue weighted by molar-refractivity contribution is -0.175. The average molecular weight is 276 g/mol. The minimum absolute atomic E-state index is 0.0218. The van der Waals surface area contributed by atoms with E-state index in [4.69, 9.17) is 4.74 Å². The zero-order chi connectivity index (χ0) is 14.3. The molecule has 0 aliphatic heterocycles. The molecule has 1 N–H and O–H groups in total. The Kier molecular flexibility index (Phi) is 6.24. The van der Waals surface area contributed by atoms with Crippen LogP contribution in [0.25, 0.3) is 0 Å². The van der Waals surface area contributed by atoms with Gasteiger partial charge in [0, 0.05) is 12.4 Å². The molecule has 1 rings (SSSR count). The number of nitrogens with zero attached hydrogens (tertiary/aromatic N) is 1. The first-order chi connectivity index (χ1) is 8.94. The maximum absolute atomic E-state index is 12.1. The summed E-state index contributed by atoms with van der Waals surface area (Å²) < 4.78 is 41.0. The van der Waals surface area contributed by atoms with Crippen molar-refractivity contribution in [2.45, 2.75) is 32.5 Å². The highest BCUT2D eigenvalue weighted by molar-refractivity contribution is 5.25. The van der Waals surface area contributed by atoms with E-state index in [2.05, 4.69) is 10.3 Å². The summed E-state index contributed by atoms with van der Waals surface area (Å²) >= 11 is 0. The first-order valence-electron chi connectivity index (χ1n) is 6.22. The molecule has 0 aliphatic carbocycles. The molecule has 1 atom stereocenters. The second-order valence-corrected chi connectivity index (χ2v) is 4.37. The Bertz CT molecular complexity index is 382. The summed E-state index contributed by atoms with van der Waals surface area (Å²) in [5.74, 6) is 0. The zero-order valence-electron chi connectivity index (χ0n) is 11.1. The number of aryl methyl sites for hydroxylation is 1. The van der Waals surface area contributed by atoms with Gasteiger partial charge in [-0.2, -0.15) is 13.2 Å². The summed E-state index contributed by atoms with van der Waals surface area (Å²) in [5, 5.41) is 3.18. The molecule has 1 aromatic heterocycles. The highest BCUT2D eigenvalue weighted by atomic mass is 19.4. The molecule has 0 fully saturated rings. The molecule has 0 radical (unpaired) electrons. The van der Waals surface area contributed by atoms with E-state index in [1.165, 1.54) is 0 Å². The molecule has 19 heavy (non-hydrogen) atoms. The number of alkyl halides is 3. The topological polar surface area (TPSA) is 34.1 Å². The molecule has 0 saturated heterocycles. The third-order valence-electron chi connectivity index (χ3n) is 2.65. The number of halogens is 3. The Labute approximate surface area is 111 Å². The number of nitrogens with one attached hydrogen (secondary N) is 1. The van der Waals surface area contributed by atoms with Crippen LogP contribution in [0.1, 0.15) is 30.5 Å². The lowest BCUT2D eigenvalue weighted by atomic mass is 10.0. The van der Waals surface area contributed by atoms with Gasteiger partial charge in [0.2, 0.25) is 0 Å².